The van der Waals surface area contributed by atoms with E-state index in [1.165, 1.54) is 0 Å². The second-order valence-corrected chi connectivity index (χ2v) is 4.78. The number of ether oxygens (including phenoxy) is 1. The summed E-state index contributed by atoms with van der Waals surface area (Å²) in [5.74, 6) is -0.932. The van der Waals surface area contributed by atoms with Gasteiger partial charge in [0.15, 0.2) is 0 Å². The van der Waals surface area contributed by atoms with Gasteiger partial charge in [-0.1, -0.05) is 15.9 Å². The lowest BCUT2D eigenvalue weighted by molar-refractivity contribution is 0.0697. The molecule has 0 saturated heterocycles. The number of anilines is 1. The van der Waals surface area contributed by atoms with E-state index in [1.807, 2.05) is 13.0 Å². The number of hydrogen-bond acceptors (Lipinski definition) is 3. The quantitative estimate of drug-likeness (QED) is 0.848. The van der Waals surface area contributed by atoms with E-state index in [-0.39, 0.29) is 11.6 Å². The maximum atomic E-state index is 10.9. The fourth-order valence-corrected chi connectivity index (χ4v) is 1.94. The minimum Gasteiger partial charge on any atom is -0.478 e. The van der Waals surface area contributed by atoms with Gasteiger partial charge in [-0.25, -0.2) is 4.79 Å². The van der Waals surface area contributed by atoms with Gasteiger partial charge in [-0.2, -0.15) is 0 Å². The average molecular weight is 302 g/mol. The van der Waals surface area contributed by atoms with E-state index in [2.05, 4.69) is 21.2 Å². The summed E-state index contributed by atoms with van der Waals surface area (Å²) >= 11 is 3.30. The summed E-state index contributed by atoms with van der Waals surface area (Å²) in [6.07, 6.45) is 0.866. The van der Waals surface area contributed by atoms with E-state index < -0.39 is 5.97 Å². The molecule has 0 fully saturated rings. The van der Waals surface area contributed by atoms with Crippen molar-refractivity contribution in [2.45, 2.75) is 19.4 Å². The van der Waals surface area contributed by atoms with E-state index in [9.17, 15) is 4.79 Å². The maximum Gasteiger partial charge on any atom is 0.335 e. The number of nitrogens with one attached hydrogen (secondary N) is 1. The topological polar surface area (TPSA) is 58.6 Å². The van der Waals surface area contributed by atoms with Crippen LogP contribution < -0.4 is 5.32 Å². The van der Waals surface area contributed by atoms with Crippen molar-refractivity contribution < 1.29 is 14.6 Å². The molecule has 17 heavy (non-hydrogen) atoms. The Kier molecular flexibility index (Phi) is 5.44. The standard InChI is InChI=1S/C12H16BrNO3/c1-8(3-4-17-2)14-11-6-9(12(15)16)5-10(13)7-11/h5-8,14H,3-4H2,1-2H3,(H,15,16). The van der Waals surface area contributed by atoms with Gasteiger partial charge in [-0.3, -0.25) is 0 Å². The van der Waals surface area contributed by atoms with Gasteiger partial charge in [0.1, 0.15) is 0 Å². The lowest BCUT2D eigenvalue weighted by Crippen LogP contribution is -2.17. The number of carbonyl (C=O) groups is 1. The minimum atomic E-state index is -0.932. The van der Waals surface area contributed by atoms with Crippen molar-refractivity contribution in [3.63, 3.8) is 0 Å². The zero-order chi connectivity index (χ0) is 12.8. The number of benzene rings is 1. The first-order chi connectivity index (χ1) is 8.02. The van der Waals surface area contributed by atoms with Crippen LogP contribution >= 0.6 is 15.9 Å². The number of carboxylic acids is 1. The average Bonchev–Trinajstić information content (AvgIpc) is 2.25. The molecule has 0 aliphatic carbocycles. The van der Waals surface area contributed by atoms with Crippen molar-refractivity contribution in [1.82, 2.24) is 0 Å². The molecule has 1 aromatic rings. The lowest BCUT2D eigenvalue weighted by Gasteiger charge is -2.15. The predicted molar refractivity (Wildman–Crippen MR) is 70.7 cm³/mol. The fourth-order valence-electron chi connectivity index (χ4n) is 1.45. The molecule has 0 aromatic heterocycles. The van der Waals surface area contributed by atoms with Crippen molar-refractivity contribution in [1.29, 1.82) is 0 Å². The van der Waals surface area contributed by atoms with Crippen LogP contribution in [0.5, 0.6) is 0 Å². The Balaban J connectivity index is 2.73. The summed E-state index contributed by atoms with van der Waals surface area (Å²) < 4.78 is 5.74. The Morgan fingerprint density at radius 1 is 1.53 bits per heavy atom. The van der Waals surface area contributed by atoms with E-state index in [1.54, 1.807) is 19.2 Å². The molecule has 1 aromatic carbocycles. The second kappa shape index (κ2) is 6.61. The highest BCUT2D eigenvalue weighted by Gasteiger charge is 2.08. The van der Waals surface area contributed by atoms with Crippen LogP contribution in [0.1, 0.15) is 23.7 Å². The van der Waals surface area contributed by atoms with Gasteiger partial charge in [0, 0.05) is 29.9 Å². The lowest BCUT2D eigenvalue weighted by atomic mass is 10.1. The number of rotatable bonds is 6. The molecule has 0 radical (unpaired) electrons. The van der Waals surface area contributed by atoms with Crippen molar-refractivity contribution >= 4 is 27.6 Å². The largest absolute Gasteiger partial charge is 0.478 e. The summed E-state index contributed by atoms with van der Waals surface area (Å²) in [5.41, 5.74) is 1.06. The van der Waals surface area contributed by atoms with Gasteiger partial charge in [-0.05, 0) is 31.5 Å². The van der Waals surface area contributed by atoms with E-state index >= 15 is 0 Å². The molecule has 5 heteroatoms. The molecule has 4 nitrogen and oxygen atoms in total. The highest BCUT2D eigenvalue weighted by atomic mass is 79.9. The molecule has 0 heterocycles. The minimum absolute atomic E-state index is 0.228. The highest BCUT2D eigenvalue weighted by Crippen LogP contribution is 2.20. The molecule has 2 N–H and O–H groups in total. The first kappa shape index (κ1) is 14.0. The predicted octanol–water partition coefficient (Wildman–Crippen LogP) is 2.98. The van der Waals surface area contributed by atoms with Crippen LogP contribution in [0.25, 0.3) is 0 Å². The van der Waals surface area contributed by atoms with Gasteiger partial charge in [0.2, 0.25) is 0 Å². The molecular weight excluding hydrogens is 286 g/mol. The number of carboxylic acid groups (broad SMARTS) is 1. The van der Waals surface area contributed by atoms with Gasteiger partial charge in [-0.15, -0.1) is 0 Å². The first-order valence-corrected chi connectivity index (χ1v) is 6.11. The maximum absolute atomic E-state index is 10.9. The van der Waals surface area contributed by atoms with E-state index in [4.69, 9.17) is 9.84 Å². The second-order valence-electron chi connectivity index (χ2n) is 3.86. The molecule has 0 amide bonds. The molecule has 0 aliphatic rings. The summed E-state index contributed by atoms with van der Waals surface area (Å²) in [6.45, 7) is 2.70. The van der Waals surface area contributed by atoms with Crippen LogP contribution in [-0.2, 0) is 4.74 Å². The number of hydrogen-bond donors (Lipinski definition) is 2. The zero-order valence-electron chi connectivity index (χ0n) is 9.87. The zero-order valence-corrected chi connectivity index (χ0v) is 11.5. The van der Waals surface area contributed by atoms with Gasteiger partial charge in [0.25, 0.3) is 0 Å². The fraction of sp³-hybridized carbons (Fsp3) is 0.417. The van der Waals surface area contributed by atoms with Crippen LogP contribution in [0.4, 0.5) is 5.69 Å². The third-order valence-electron chi connectivity index (χ3n) is 2.31. The summed E-state index contributed by atoms with van der Waals surface area (Å²) in [5, 5.41) is 12.2. The molecule has 0 aliphatic heterocycles. The molecule has 0 spiro atoms. The molecule has 0 bridgehead atoms. The Morgan fingerprint density at radius 2 is 2.24 bits per heavy atom. The van der Waals surface area contributed by atoms with Gasteiger partial charge < -0.3 is 15.2 Å². The number of aromatic carboxylic acids is 1. The summed E-state index contributed by atoms with van der Waals surface area (Å²) in [6, 6.07) is 5.28. The molecular formula is C12H16BrNO3. The van der Waals surface area contributed by atoms with Gasteiger partial charge in [0.05, 0.1) is 5.56 Å². The monoisotopic (exact) mass is 301 g/mol. The van der Waals surface area contributed by atoms with Crippen molar-refractivity contribution in [3.05, 3.63) is 28.2 Å². The normalized spacial score (nSPS) is 12.2. The SMILES string of the molecule is COCCC(C)Nc1cc(Br)cc(C(=O)O)c1. The molecule has 1 unspecified atom stereocenters. The van der Waals surface area contributed by atoms with Crippen molar-refractivity contribution in [2.24, 2.45) is 0 Å². The van der Waals surface area contributed by atoms with E-state index in [0.29, 0.717) is 6.61 Å². The summed E-state index contributed by atoms with van der Waals surface area (Å²) in [4.78, 5) is 10.9. The van der Waals surface area contributed by atoms with Crippen LogP contribution in [-0.4, -0.2) is 30.8 Å². The molecule has 0 saturated carbocycles. The van der Waals surface area contributed by atoms with E-state index in [0.717, 1.165) is 16.6 Å². The third-order valence-corrected chi connectivity index (χ3v) is 2.77. The first-order valence-electron chi connectivity index (χ1n) is 5.32. The van der Waals surface area contributed by atoms with Crippen LogP contribution in [0, 0.1) is 0 Å². The highest BCUT2D eigenvalue weighted by molar-refractivity contribution is 9.10. The Bertz CT molecular complexity index is 395. The third kappa shape index (κ3) is 4.75. The number of halogens is 1. The Hall–Kier alpha value is -1.07. The smallest absolute Gasteiger partial charge is 0.335 e. The molecule has 94 valence electrons. The molecule has 1 atom stereocenters. The van der Waals surface area contributed by atoms with Crippen LogP contribution in [0.2, 0.25) is 0 Å². The Morgan fingerprint density at radius 3 is 2.82 bits per heavy atom. The van der Waals surface area contributed by atoms with Crippen molar-refractivity contribution in [3.8, 4) is 0 Å². The summed E-state index contributed by atoms with van der Waals surface area (Å²) in [7, 11) is 1.66. The molecule has 1 rings (SSSR count). The number of methoxy groups -OCH3 is 1. The Labute approximate surface area is 109 Å². The van der Waals surface area contributed by atoms with Gasteiger partial charge >= 0.3 is 5.97 Å². The van der Waals surface area contributed by atoms with Crippen LogP contribution in [0.15, 0.2) is 22.7 Å². The van der Waals surface area contributed by atoms with Crippen LogP contribution in [0.3, 0.4) is 0 Å². The van der Waals surface area contributed by atoms with Crippen molar-refractivity contribution in [2.75, 3.05) is 19.0 Å².